The van der Waals surface area contributed by atoms with E-state index < -0.39 is 0 Å². The number of aromatic hydroxyl groups is 1. The average molecular weight is 353 g/mol. The summed E-state index contributed by atoms with van der Waals surface area (Å²) in [7, 11) is 0. The largest absolute Gasteiger partial charge is 0.508 e. The van der Waals surface area contributed by atoms with Crippen LogP contribution in [0, 0.1) is 0 Å². The van der Waals surface area contributed by atoms with Gasteiger partial charge in [0.15, 0.2) is 5.78 Å². The molecule has 2 heterocycles. The van der Waals surface area contributed by atoms with Gasteiger partial charge in [0.1, 0.15) is 5.75 Å². The fourth-order valence-corrected chi connectivity index (χ4v) is 3.54. The molecule has 0 radical (unpaired) electrons. The third-order valence-corrected chi connectivity index (χ3v) is 4.91. The molecule has 1 N–H and O–H groups in total. The lowest BCUT2D eigenvalue weighted by Crippen LogP contribution is -2.03. The van der Waals surface area contributed by atoms with E-state index in [0.29, 0.717) is 20.1 Å². The third kappa shape index (κ3) is 3.29. The molecular formula is C13H9ClN4O2S2. The van der Waals surface area contributed by atoms with Crippen LogP contribution >= 0.6 is 34.7 Å². The van der Waals surface area contributed by atoms with Gasteiger partial charge in [0.05, 0.1) is 20.7 Å². The summed E-state index contributed by atoms with van der Waals surface area (Å²) in [6.45, 7) is 0. The van der Waals surface area contributed by atoms with Gasteiger partial charge in [0.2, 0.25) is 5.16 Å². The SMILES string of the molecule is O=C(CSc1nnnn1-c1ccc(O)cc1)c1ccc(Cl)s1. The van der Waals surface area contributed by atoms with E-state index in [-0.39, 0.29) is 17.3 Å². The van der Waals surface area contributed by atoms with Crippen molar-refractivity contribution in [3.05, 3.63) is 45.6 Å². The van der Waals surface area contributed by atoms with Crippen LogP contribution < -0.4 is 0 Å². The number of Topliss-reactive ketones (excluding diaryl/α,β-unsaturated/α-hetero) is 1. The lowest BCUT2D eigenvalue weighted by Gasteiger charge is -2.03. The van der Waals surface area contributed by atoms with Crippen molar-refractivity contribution in [2.75, 3.05) is 5.75 Å². The van der Waals surface area contributed by atoms with E-state index in [0.717, 1.165) is 0 Å². The fraction of sp³-hybridized carbons (Fsp3) is 0.0769. The molecule has 0 atom stereocenters. The standard InChI is InChI=1S/C13H9ClN4O2S2/c14-12-6-5-11(22-12)10(20)7-21-13-15-16-17-18(13)8-1-3-9(19)4-2-8/h1-6,19H,7H2. The van der Waals surface area contributed by atoms with Crippen LogP contribution in [0.3, 0.4) is 0 Å². The van der Waals surface area contributed by atoms with Gasteiger partial charge in [-0.25, -0.2) is 0 Å². The van der Waals surface area contributed by atoms with E-state index in [1.807, 2.05) is 0 Å². The molecule has 112 valence electrons. The Morgan fingerprint density at radius 3 is 2.73 bits per heavy atom. The number of rotatable bonds is 5. The molecule has 0 fully saturated rings. The van der Waals surface area contributed by atoms with Crippen molar-refractivity contribution in [2.24, 2.45) is 0 Å². The van der Waals surface area contributed by atoms with E-state index in [1.165, 1.54) is 27.8 Å². The summed E-state index contributed by atoms with van der Waals surface area (Å²) in [4.78, 5) is 12.7. The minimum Gasteiger partial charge on any atom is -0.508 e. The first-order valence-electron chi connectivity index (χ1n) is 6.12. The quantitative estimate of drug-likeness (QED) is 0.561. The highest BCUT2D eigenvalue weighted by molar-refractivity contribution is 7.99. The maximum absolute atomic E-state index is 12.1. The second kappa shape index (κ2) is 6.47. The summed E-state index contributed by atoms with van der Waals surface area (Å²) in [6, 6.07) is 9.88. The van der Waals surface area contributed by atoms with Gasteiger partial charge < -0.3 is 5.11 Å². The van der Waals surface area contributed by atoms with Crippen molar-refractivity contribution < 1.29 is 9.90 Å². The van der Waals surface area contributed by atoms with Crippen molar-refractivity contribution >= 4 is 40.5 Å². The number of nitrogens with zero attached hydrogens (tertiary/aromatic N) is 4. The number of halogens is 1. The van der Waals surface area contributed by atoms with Gasteiger partial charge in [-0.15, -0.1) is 16.4 Å². The fourth-order valence-electron chi connectivity index (χ4n) is 1.69. The number of carbonyl (C=O) groups excluding carboxylic acids is 1. The average Bonchev–Trinajstić information content (AvgIpc) is 3.14. The predicted octanol–water partition coefficient (Wildman–Crippen LogP) is 3.06. The maximum atomic E-state index is 12.1. The lowest BCUT2D eigenvalue weighted by molar-refractivity contribution is 0.102. The Kier molecular flexibility index (Phi) is 4.41. The zero-order valence-corrected chi connectivity index (χ0v) is 13.4. The molecule has 1 aromatic carbocycles. The molecule has 3 aromatic rings. The molecule has 6 nitrogen and oxygen atoms in total. The lowest BCUT2D eigenvalue weighted by atomic mass is 10.3. The number of phenolic OH excluding ortho intramolecular Hbond substituents is 1. The van der Waals surface area contributed by atoms with E-state index in [4.69, 9.17) is 11.6 Å². The molecule has 0 aliphatic rings. The first-order chi connectivity index (χ1) is 10.6. The predicted molar refractivity (Wildman–Crippen MR) is 85.2 cm³/mol. The molecule has 0 saturated carbocycles. The number of carbonyl (C=O) groups is 1. The number of hydrogen-bond acceptors (Lipinski definition) is 7. The number of phenols is 1. The van der Waals surface area contributed by atoms with Gasteiger partial charge in [-0.05, 0) is 46.8 Å². The molecule has 2 aromatic heterocycles. The van der Waals surface area contributed by atoms with Crippen molar-refractivity contribution in [2.45, 2.75) is 5.16 Å². The van der Waals surface area contributed by atoms with Crippen molar-refractivity contribution in [1.29, 1.82) is 0 Å². The first kappa shape index (κ1) is 15.0. The number of hydrogen-bond donors (Lipinski definition) is 1. The van der Waals surface area contributed by atoms with Crippen LogP contribution in [0.4, 0.5) is 0 Å². The first-order valence-corrected chi connectivity index (χ1v) is 8.30. The highest BCUT2D eigenvalue weighted by Gasteiger charge is 2.14. The molecule has 9 heteroatoms. The van der Waals surface area contributed by atoms with Crippen LogP contribution in [0.2, 0.25) is 4.34 Å². The highest BCUT2D eigenvalue weighted by Crippen LogP contribution is 2.25. The zero-order valence-electron chi connectivity index (χ0n) is 11.0. The Hall–Kier alpha value is -1.90. The van der Waals surface area contributed by atoms with Crippen molar-refractivity contribution in [1.82, 2.24) is 20.2 Å². The molecule has 0 saturated heterocycles. The monoisotopic (exact) mass is 352 g/mol. The molecule has 0 spiro atoms. The Bertz CT molecular complexity index is 800. The van der Waals surface area contributed by atoms with Gasteiger partial charge >= 0.3 is 0 Å². The maximum Gasteiger partial charge on any atom is 0.214 e. The van der Waals surface area contributed by atoms with Gasteiger partial charge in [-0.3, -0.25) is 4.79 Å². The van der Waals surface area contributed by atoms with Crippen molar-refractivity contribution in [3.63, 3.8) is 0 Å². The van der Waals surface area contributed by atoms with Crippen LogP contribution in [0.1, 0.15) is 9.67 Å². The van der Waals surface area contributed by atoms with Crippen LogP contribution in [0.5, 0.6) is 5.75 Å². The molecule has 0 bridgehead atoms. The van der Waals surface area contributed by atoms with Gasteiger partial charge in [0.25, 0.3) is 0 Å². The number of benzene rings is 1. The zero-order chi connectivity index (χ0) is 15.5. The van der Waals surface area contributed by atoms with Gasteiger partial charge in [-0.1, -0.05) is 23.4 Å². The minimum atomic E-state index is -0.0258. The number of thiophene rings is 1. The van der Waals surface area contributed by atoms with Crippen molar-refractivity contribution in [3.8, 4) is 11.4 Å². The summed E-state index contributed by atoms with van der Waals surface area (Å²) in [5, 5.41) is 21.2. The molecular weight excluding hydrogens is 344 g/mol. The number of tetrazole rings is 1. The van der Waals surface area contributed by atoms with Crippen LogP contribution in [-0.4, -0.2) is 36.8 Å². The summed E-state index contributed by atoms with van der Waals surface area (Å²) in [5.41, 5.74) is 0.705. The number of thioether (sulfide) groups is 1. The Balaban J connectivity index is 1.73. The highest BCUT2D eigenvalue weighted by atomic mass is 35.5. The summed E-state index contributed by atoms with van der Waals surface area (Å²) >= 11 is 8.32. The molecule has 0 aliphatic carbocycles. The number of aromatic nitrogens is 4. The van der Waals surface area contributed by atoms with Crippen LogP contribution in [0.15, 0.2) is 41.6 Å². The molecule has 22 heavy (non-hydrogen) atoms. The second-order valence-electron chi connectivity index (χ2n) is 4.21. The van der Waals surface area contributed by atoms with E-state index in [2.05, 4.69) is 15.5 Å². The third-order valence-electron chi connectivity index (χ3n) is 2.72. The minimum absolute atomic E-state index is 0.0258. The summed E-state index contributed by atoms with van der Waals surface area (Å²) < 4.78 is 2.10. The van der Waals surface area contributed by atoms with Gasteiger partial charge in [-0.2, -0.15) is 4.68 Å². The van der Waals surface area contributed by atoms with E-state index >= 15 is 0 Å². The van der Waals surface area contributed by atoms with E-state index in [1.54, 1.807) is 36.4 Å². The van der Waals surface area contributed by atoms with E-state index in [9.17, 15) is 9.90 Å². The normalized spacial score (nSPS) is 10.8. The Morgan fingerprint density at radius 2 is 2.05 bits per heavy atom. The van der Waals surface area contributed by atoms with Gasteiger partial charge in [0, 0.05) is 0 Å². The topological polar surface area (TPSA) is 80.9 Å². The molecule has 3 rings (SSSR count). The smallest absolute Gasteiger partial charge is 0.214 e. The summed E-state index contributed by atoms with van der Waals surface area (Å²) in [5.74, 6) is 0.355. The van der Waals surface area contributed by atoms with Crippen LogP contribution in [-0.2, 0) is 0 Å². The molecule has 0 unspecified atom stereocenters. The number of ketones is 1. The summed E-state index contributed by atoms with van der Waals surface area (Å²) in [6.07, 6.45) is 0. The second-order valence-corrected chi connectivity index (χ2v) is 6.86. The molecule has 0 amide bonds. The Morgan fingerprint density at radius 1 is 1.27 bits per heavy atom. The van der Waals surface area contributed by atoms with Crippen LogP contribution in [0.25, 0.3) is 5.69 Å². The molecule has 0 aliphatic heterocycles. The Labute approximate surface area is 138 Å².